The molecule has 72 valence electrons. The van der Waals surface area contributed by atoms with Crippen molar-refractivity contribution in [1.29, 1.82) is 0 Å². The first-order valence-electron chi connectivity index (χ1n) is 4.17. The molecule has 1 aromatic heterocycles. The summed E-state index contributed by atoms with van der Waals surface area (Å²) >= 11 is 0. The number of rotatable bonds is 1. The Labute approximate surface area is 78.1 Å². The van der Waals surface area contributed by atoms with E-state index < -0.39 is 0 Å². The Morgan fingerprint density at radius 1 is 1.46 bits per heavy atom. The number of hydrogen-bond acceptors (Lipinski definition) is 3. The van der Waals surface area contributed by atoms with Crippen molar-refractivity contribution in [2.75, 3.05) is 0 Å². The number of hydrazine groups is 1. The molecule has 3 N–H and O–H groups in total. The van der Waals surface area contributed by atoms with Crippen LogP contribution in [0.25, 0.3) is 0 Å². The van der Waals surface area contributed by atoms with E-state index in [1.54, 1.807) is 12.1 Å². The first-order valence-corrected chi connectivity index (χ1v) is 4.17. The van der Waals surface area contributed by atoms with Gasteiger partial charge in [-0.25, -0.2) is 5.84 Å². The van der Waals surface area contributed by atoms with Gasteiger partial charge in [0.1, 0.15) is 0 Å². The summed E-state index contributed by atoms with van der Waals surface area (Å²) in [7, 11) is 0. The summed E-state index contributed by atoms with van der Waals surface area (Å²) in [5.74, 6) is 4.59. The van der Waals surface area contributed by atoms with Crippen molar-refractivity contribution in [3.8, 4) is 0 Å². The minimum absolute atomic E-state index is 0.322. The molecule has 4 nitrogen and oxygen atoms in total. The minimum atomic E-state index is -0.322. The molecule has 0 unspecified atom stereocenters. The number of aryl methyl sites for hydroxylation is 1. The number of nitrogens with two attached hydrogens (primary N) is 1. The van der Waals surface area contributed by atoms with E-state index in [1.165, 1.54) is 6.20 Å². The summed E-state index contributed by atoms with van der Waals surface area (Å²) in [5.41, 5.74) is 3.37. The predicted molar refractivity (Wildman–Crippen MR) is 52.0 cm³/mol. The number of carbonyl (C=O) groups excluding carboxylic acids is 1. The average molecular weight is 181 g/mol. The lowest BCUT2D eigenvalue weighted by Crippen LogP contribution is -2.30. The summed E-state index contributed by atoms with van der Waals surface area (Å²) in [4.78, 5) is 14.8. The smallest absolute Gasteiger partial charge is 0.266 e. The fourth-order valence-electron chi connectivity index (χ4n) is 0.685. The van der Waals surface area contributed by atoms with Crippen molar-refractivity contribution in [3.05, 3.63) is 29.6 Å². The van der Waals surface area contributed by atoms with Crippen molar-refractivity contribution in [2.45, 2.75) is 20.8 Å². The van der Waals surface area contributed by atoms with E-state index in [4.69, 9.17) is 5.84 Å². The fraction of sp³-hybridized carbons (Fsp3) is 0.333. The number of pyridine rings is 1. The Kier molecular flexibility index (Phi) is 5.47. The van der Waals surface area contributed by atoms with Gasteiger partial charge in [0.2, 0.25) is 0 Å². The van der Waals surface area contributed by atoms with Crippen LogP contribution in [0.4, 0.5) is 0 Å². The molecule has 0 spiro atoms. The van der Waals surface area contributed by atoms with Crippen molar-refractivity contribution in [3.63, 3.8) is 0 Å². The lowest BCUT2D eigenvalue weighted by molar-refractivity contribution is 0.0953. The zero-order chi connectivity index (χ0) is 10.3. The van der Waals surface area contributed by atoms with Crippen molar-refractivity contribution in [1.82, 2.24) is 10.4 Å². The van der Waals surface area contributed by atoms with Crippen LogP contribution in [0.2, 0.25) is 0 Å². The largest absolute Gasteiger partial charge is 0.290 e. The Hall–Kier alpha value is -1.42. The van der Waals surface area contributed by atoms with Gasteiger partial charge in [0.15, 0.2) is 0 Å². The van der Waals surface area contributed by atoms with E-state index in [-0.39, 0.29) is 5.91 Å². The number of aromatic nitrogens is 1. The Balaban J connectivity index is 0.000000671. The Bertz CT molecular complexity index is 256. The molecular formula is C9H15N3O. The van der Waals surface area contributed by atoms with Crippen LogP contribution in [-0.4, -0.2) is 10.9 Å². The summed E-state index contributed by atoms with van der Waals surface area (Å²) in [6.45, 7) is 5.85. The highest BCUT2D eigenvalue weighted by Gasteiger charge is 2.01. The van der Waals surface area contributed by atoms with Gasteiger partial charge in [-0.15, -0.1) is 0 Å². The predicted octanol–water partition coefficient (Wildman–Crippen LogP) is 1.02. The SMILES string of the molecule is CC.Cc1ccc(C(=O)NN)cn1. The quantitative estimate of drug-likeness (QED) is 0.386. The van der Waals surface area contributed by atoms with Crippen LogP contribution in [0.3, 0.4) is 0 Å². The molecule has 1 amide bonds. The van der Waals surface area contributed by atoms with Gasteiger partial charge in [-0.05, 0) is 19.1 Å². The summed E-state index contributed by atoms with van der Waals surface area (Å²) in [6, 6.07) is 3.43. The minimum Gasteiger partial charge on any atom is -0.290 e. The van der Waals surface area contributed by atoms with Gasteiger partial charge in [-0.3, -0.25) is 15.2 Å². The van der Waals surface area contributed by atoms with E-state index in [1.807, 2.05) is 26.2 Å². The van der Waals surface area contributed by atoms with Crippen LogP contribution in [-0.2, 0) is 0 Å². The molecule has 0 aliphatic heterocycles. The molecule has 0 fully saturated rings. The van der Waals surface area contributed by atoms with Crippen molar-refractivity contribution >= 4 is 5.91 Å². The molecule has 0 aliphatic carbocycles. The van der Waals surface area contributed by atoms with Crippen LogP contribution in [0.15, 0.2) is 18.3 Å². The number of nitrogens with one attached hydrogen (secondary N) is 1. The van der Waals surface area contributed by atoms with E-state index in [9.17, 15) is 4.79 Å². The van der Waals surface area contributed by atoms with Gasteiger partial charge in [0.25, 0.3) is 5.91 Å². The van der Waals surface area contributed by atoms with Crippen LogP contribution in [0, 0.1) is 6.92 Å². The van der Waals surface area contributed by atoms with Gasteiger partial charge >= 0.3 is 0 Å². The fourth-order valence-corrected chi connectivity index (χ4v) is 0.685. The second-order valence-electron chi connectivity index (χ2n) is 2.16. The zero-order valence-electron chi connectivity index (χ0n) is 8.16. The second kappa shape index (κ2) is 6.14. The van der Waals surface area contributed by atoms with Crippen molar-refractivity contribution < 1.29 is 4.79 Å². The summed E-state index contributed by atoms with van der Waals surface area (Å²) in [6.07, 6.45) is 1.48. The van der Waals surface area contributed by atoms with Crippen LogP contribution in [0.5, 0.6) is 0 Å². The number of nitrogen functional groups attached to an aromatic ring is 1. The van der Waals surface area contributed by atoms with Gasteiger partial charge in [-0.1, -0.05) is 13.8 Å². The normalized spacial score (nSPS) is 8.31. The molecule has 0 bridgehead atoms. The van der Waals surface area contributed by atoms with E-state index in [0.717, 1.165) is 5.69 Å². The molecular weight excluding hydrogens is 166 g/mol. The molecule has 0 saturated heterocycles. The van der Waals surface area contributed by atoms with Crippen LogP contribution in [0.1, 0.15) is 29.9 Å². The van der Waals surface area contributed by atoms with Gasteiger partial charge in [0, 0.05) is 11.9 Å². The monoisotopic (exact) mass is 181 g/mol. The molecule has 0 aliphatic rings. The molecule has 4 heteroatoms. The molecule has 0 atom stereocenters. The lowest BCUT2D eigenvalue weighted by atomic mass is 10.2. The second-order valence-corrected chi connectivity index (χ2v) is 2.16. The first kappa shape index (κ1) is 11.6. The van der Waals surface area contributed by atoms with E-state index in [2.05, 4.69) is 4.98 Å². The van der Waals surface area contributed by atoms with E-state index in [0.29, 0.717) is 5.56 Å². The highest BCUT2D eigenvalue weighted by atomic mass is 16.2. The first-order chi connectivity index (χ1) is 6.24. The zero-order valence-corrected chi connectivity index (χ0v) is 8.16. The molecule has 0 radical (unpaired) electrons. The number of hydrogen-bond donors (Lipinski definition) is 2. The lowest BCUT2D eigenvalue weighted by Gasteiger charge is -1.97. The Morgan fingerprint density at radius 3 is 2.46 bits per heavy atom. The highest BCUT2D eigenvalue weighted by molar-refractivity contribution is 5.93. The summed E-state index contributed by atoms with van der Waals surface area (Å²) in [5, 5.41) is 0. The molecule has 1 aromatic rings. The summed E-state index contributed by atoms with van der Waals surface area (Å²) < 4.78 is 0. The maximum Gasteiger partial charge on any atom is 0.266 e. The number of amides is 1. The standard InChI is InChI=1S/C7H9N3O.C2H6/c1-5-2-3-6(4-9-5)7(11)10-8;1-2/h2-4H,8H2,1H3,(H,10,11);1-2H3. The maximum atomic E-state index is 10.8. The highest BCUT2D eigenvalue weighted by Crippen LogP contribution is 1.97. The van der Waals surface area contributed by atoms with Gasteiger partial charge in [-0.2, -0.15) is 0 Å². The topological polar surface area (TPSA) is 68.0 Å². The molecule has 13 heavy (non-hydrogen) atoms. The maximum absolute atomic E-state index is 10.8. The van der Waals surface area contributed by atoms with Gasteiger partial charge in [0.05, 0.1) is 5.56 Å². The molecule has 1 rings (SSSR count). The van der Waals surface area contributed by atoms with Crippen LogP contribution < -0.4 is 11.3 Å². The van der Waals surface area contributed by atoms with E-state index >= 15 is 0 Å². The van der Waals surface area contributed by atoms with Crippen molar-refractivity contribution in [2.24, 2.45) is 5.84 Å². The van der Waals surface area contributed by atoms with Crippen LogP contribution >= 0.6 is 0 Å². The third-order valence-electron chi connectivity index (χ3n) is 1.30. The Morgan fingerprint density at radius 2 is 2.08 bits per heavy atom. The van der Waals surface area contributed by atoms with Gasteiger partial charge < -0.3 is 0 Å². The third kappa shape index (κ3) is 3.66. The number of nitrogens with zero attached hydrogens (tertiary/aromatic N) is 1. The molecule has 0 saturated carbocycles. The number of carbonyl (C=O) groups is 1. The average Bonchev–Trinajstić information content (AvgIpc) is 2.21. The third-order valence-corrected chi connectivity index (χ3v) is 1.30. The molecule has 1 heterocycles. The molecule has 0 aromatic carbocycles.